The third-order valence-corrected chi connectivity index (χ3v) is 6.52. The van der Waals surface area contributed by atoms with Gasteiger partial charge in [0.05, 0.1) is 7.11 Å². The molecule has 0 radical (unpaired) electrons. The van der Waals surface area contributed by atoms with Crippen molar-refractivity contribution in [2.75, 3.05) is 43.1 Å². The second-order valence-corrected chi connectivity index (χ2v) is 9.02. The number of fused-ring (bicyclic) bond motifs is 1. The molecule has 1 amide bonds. The normalized spacial score (nSPS) is 13.7. The molecule has 36 heavy (non-hydrogen) atoms. The summed E-state index contributed by atoms with van der Waals surface area (Å²) in [6, 6.07) is 20.2. The van der Waals surface area contributed by atoms with E-state index in [0.29, 0.717) is 30.9 Å². The van der Waals surface area contributed by atoms with Crippen LogP contribution in [0.2, 0.25) is 0 Å². The van der Waals surface area contributed by atoms with Gasteiger partial charge in [-0.3, -0.25) is 4.79 Å². The highest BCUT2D eigenvalue weighted by atomic mass is 16.5. The van der Waals surface area contributed by atoms with Gasteiger partial charge in [0.15, 0.2) is 11.5 Å². The molecule has 1 fully saturated rings. The lowest BCUT2D eigenvalue weighted by Crippen LogP contribution is -2.47. The minimum absolute atomic E-state index is 0.0165. The predicted molar refractivity (Wildman–Crippen MR) is 140 cm³/mol. The molecule has 0 unspecified atom stereocenters. The summed E-state index contributed by atoms with van der Waals surface area (Å²) >= 11 is 0. The van der Waals surface area contributed by atoms with E-state index in [-0.39, 0.29) is 5.91 Å². The molecular weight excluding hydrogens is 454 g/mol. The van der Waals surface area contributed by atoms with Crippen LogP contribution in [0.15, 0.2) is 60.7 Å². The van der Waals surface area contributed by atoms with Gasteiger partial charge in [0.25, 0.3) is 0 Å². The molecule has 186 valence electrons. The molecule has 0 atom stereocenters. The number of aryl methyl sites for hydroxylation is 2. The van der Waals surface area contributed by atoms with E-state index in [4.69, 9.17) is 9.84 Å². The first kappa shape index (κ1) is 23.6. The van der Waals surface area contributed by atoms with E-state index < -0.39 is 0 Å². The Kier molecular flexibility index (Phi) is 6.97. The van der Waals surface area contributed by atoms with Gasteiger partial charge in [-0.05, 0) is 36.8 Å². The average Bonchev–Trinajstić information content (AvgIpc) is 3.34. The van der Waals surface area contributed by atoms with Crippen molar-refractivity contribution in [3.8, 4) is 5.75 Å². The number of ether oxygens (including phenoxy) is 1. The van der Waals surface area contributed by atoms with Crippen molar-refractivity contribution in [3.63, 3.8) is 0 Å². The number of benzene rings is 2. The van der Waals surface area contributed by atoms with Crippen LogP contribution in [0.5, 0.6) is 5.75 Å². The molecule has 4 aromatic rings. The zero-order chi connectivity index (χ0) is 24.9. The second-order valence-electron chi connectivity index (χ2n) is 9.02. The summed E-state index contributed by atoms with van der Waals surface area (Å²) in [6.45, 7) is 6.06. The van der Waals surface area contributed by atoms with Crippen molar-refractivity contribution >= 4 is 23.1 Å². The topological polar surface area (TPSA) is 87.9 Å². The van der Waals surface area contributed by atoms with Gasteiger partial charge < -0.3 is 19.9 Å². The lowest BCUT2D eigenvalue weighted by atomic mass is 10.1. The van der Waals surface area contributed by atoms with Crippen LogP contribution in [0, 0.1) is 6.92 Å². The van der Waals surface area contributed by atoms with Crippen LogP contribution in [0.3, 0.4) is 0 Å². The van der Waals surface area contributed by atoms with Crippen LogP contribution in [0.4, 0.5) is 11.5 Å². The van der Waals surface area contributed by atoms with Gasteiger partial charge in [0, 0.05) is 57.3 Å². The summed E-state index contributed by atoms with van der Waals surface area (Å²) in [5, 5.41) is 16.3. The van der Waals surface area contributed by atoms with Crippen LogP contribution in [-0.4, -0.2) is 59.0 Å². The van der Waals surface area contributed by atoms with Crippen molar-refractivity contribution in [2.24, 2.45) is 0 Å². The highest BCUT2D eigenvalue weighted by Gasteiger charge is 2.20. The number of carbonyl (C=O) groups is 1. The van der Waals surface area contributed by atoms with Crippen molar-refractivity contribution in [1.29, 1.82) is 0 Å². The Bertz CT molecular complexity index is 1330. The summed E-state index contributed by atoms with van der Waals surface area (Å²) in [6.07, 6.45) is 0.804. The lowest BCUT2D eigenvalue weighted by Gasteiger charge is -2.36. The van der Waals surface area contributed by atoms with Crippen molar-refractivity contribution < 1.29 is 9.53 Å². The largest absolute Gasteiger partial charge is 0.497 e. The summed E-state index contributed by atoms with van der Waals surface area (Å²) < 4.78 is 7.13. The molecule has 0 aliphatic carbocycles. The molecule has 3 heterocycles. The monoisotopic (exact) mass is 485 g/mol. The third kappa shape index (κ3) is 5.40. The number of hydrogen-bond donors (Lipinski definition) is 1. The van der Waals surface area contributed by atoms with Crippen LogP contribution in [-0.2, 0) is 17.8 Å². The summed E-state index contributed by atoms with van der Waals surface area (Å²) in [4.78, 5) is 17.0. The number of aromatic nitrogens is 4. The molecule has 5 rings (SSSR count). The van der Waals surface area contributed by atoms with Gasteiger partial charge in [-0.25, -0.2) is 0 Å². The maximum absolute atomic E-state index is 12.4. The number of carbonyl (C=O) groups excluding carboxylic acids is 1. The Morgan fingerprint density at radius 2 is 1.75 bits per heavy atom. The molecule has 0 bridgehead atoms. The van der Waals surface area contributed by atoms with E-state index in [1.54, 1.807) is 11.6 Å². The molecule has 0 saturated carbocycles. The van der Waals surface area contributed by atoms with Crippen molar-refractivity contribution in [1.82, 2.24) is 25.1 Å². The average molecular weight is 486 g/mol. The first-order valence-corrected chi connectivity index (χ1v) is 12.3. The number of nitrogens with one attached hydrogen (secondary N) is 1. The number of anilines is 2. The Morgan fingerprint density at radius 1 is 0.972 bits per heavy atom. The first-order valence-electron chi connectivity index (χ1n) is 12.3. The minimum Gasteiger partial charge on any atom is -0.497 e. The van der Waals surface area contributed by atoms with Crippen LogP contribution in [0.1, 0.15) is 23.4 Å². The molecule has 9 nitrogen and oxygen atoms in total. The number of nitrogens with zero attached hydrogens (tertiary/aromatic N) is 6. The van der Waals surface area contributed by atoms with Crippen LogP contribution in [0.25, 0.3) is 5.65 Å². The smallest absolute Gasteiger partial charge is 0.220 e. The van der Waals surface area contributed by atoms with E-state index in [0.717, 1.165) is 43.3 Å². The SMILES string of the molecule is COc1cccc(N2CCN(c3ccc4nnc(CCC(=O)NCc5ccc(C)cc5)n4n3)CC2)c1. The number of piperazine rings is 1. The quantitative estimate of drug-likeness (QED) is 0.410. The molecule has 1 aliphatic rings. The number of methoxy groups -OCH3 is 1. The fraction of sp³-hybridized carbons (Fsp3) is 0.333. The molecule has 9 heteroatoms. The zero-order valence-electron chi connectivity index (χ0n) is 20.7. The highest BCUT2D eigenvalue weighted by molar-refractivity contribution is 5.76. The van der Waals surface area contributed by atoms with Gasteiger partial charge >= 0.3 is 0 Å². The van der Waals surface area contributed by atoms with E-state index >= 15 is 0 Å². The minimum atomic E-state index is -0.0165. The van der Waals surface area contributed by atoms with Gasteiger partial charge in [-0.15, -0.1) is 15.3 Å². The van der Waals surface area contributed by atoms with Gasteiger partial charge in [-0.1, -0.05) is 35.9 Å². The predicted octanol–water partition coefficient (Wildman–Crippen LogP) is 3.02. The maximum atomic E-state index is 12.4. The zero-order valence-corrected chi connectivity index (χ0v) is 20.7. The molecular formula is C27H31N7O2. The highest BCUT2D eigenvalue weighted by Crippen LogP contribution is 2.23. The van der Waals surface area contributed by atoms with E-state index in [9.17, 15) is 4.79 Å². The third-order valence-electron chi connectivity index (χ3n) is 6.52. The summed E-state index contributed by atoms with van der Waals surface area (Å²) in [7, 11) is 1.69. The van der Waals surface area contributed by atoms with Gasteiger partial charge in [-0.2, -0.15) is 4.52 Å². The first-order chi connectivity index (χ1) is 17.6. The fourth-order valence-electron chi connectivity index (χ4n) is 4.37. The Balaban J connectivity index is 1.18. The maximum Gasteiger partial charge on any atom is 0.220 e. The second kappa shape index (κ2) is 10.6. The van der Waals surface area contributed by atoms with Crippen molar-refractivity contribution in [2.45, 2.75) is 26.3 Å². The lowest BCUT2D eigenvalue weighted by molar-refractivity contribution is -0.121. The molecule has 1 aliphatic heterocycles. The molecule has 1 saturated heterocycles. The number of rotatable bonds is 8. The standard InChI is InChI=1S/C27H31N7O2/c1-20-6-8-21(9-7-20)19-28-27(35)13-12-25-30-29-24-10-11-26(31-34(24)25)33-16-14-32(15-17-33)22-4-3-5-23(18-22)36-2/h3-11,18H,12-17,19H2,1-2H3,(H,28,35). The van der Waals surface area contributed by atoms with Crippen molar-refractivity contribution in [3.05, 3.63) is 77.6 Å². The Labute approximate surface area is 210 Å². The molecule has 2 aromatic heterocycles. The number of amides is 1. The Morgan fingerprint density at radius 3 is 2.53 bits per heavy atom. The van der Waals surface area contributed by atoms with E-state index in [1.165, 1.54) is 11.3 Å². The van der Waals surface area contributed by atoms with E-state index in [2.05, 4.69) is 37.4 Å². The van der Waals surface area contributed by atoms with Gasteiger partial charge in [0.2, 0.25) is 5.91 Å². The summed E-state index contributed by atoms with van der Waals surface area (Å²) in [5.74, 6) is 2.42. The molecule has 2 aromatic carbocycles. The van der Waals surface area contributed by atoms with Crippen LogP contribution >= 0.6 is 0 Å². The van der Waals surface area contributed by atoms with Crippen LogP contribution < -0.4 is 19.9 Å². The molecule has 0 spiro atoms. The van der Waals surface area contributed by atoms with Gasteiger partial charge in [0.1, 0.15) is 11.6 Å². The molecule has 1 N–H and O–H groups in total. The van der Waals surface area contributed by atoms with E-state index in [1.807, 2.05) is 55.5 Å². The Hall–Kier alpha value is -4.14. The number of hydrogen-bond acceptors (Lipinski definition) is 7. The summed E-state index contributed by atoms with van der Waals surface area (Å²) in [5.41, 5.74) is 4.14. The fourth-order valence-corrected chi connectivity index (χ4v) is 4.37.